The zero-order valence-corrected chi connectivity index (χ0v) is 11.2. The van der Waals surface area contributed by atoms with Gasteiger partial charge in [0.2, 0.25) is 0 Å². The van der Waals surface area contributed by atoms with E-state index in [1.54, 1.807) is 11.8 Å². The largest absolute Gasteiger partial charge is 0.364 e. The SMILES string of the molecule is Cc1cc(=O)c(C(=O)N2CCC(C)C(C)C2)c[nH]1. The van der Waals surface area contributed by atoms with Crippen molar-refractivity contribution in [1.82, 2.24) is 9.88 Å². The van der Waals surface area contributed by atoms with Gasteiger partial charge in [0.05, 0.1) is 0 Å². The molecule has 1 aliphatic heterocycles. The molecular weight excluding hydrogens is 228 g/mol. The van der Waals surface area contributed by atoms with Crippen molar-refractivity contribution in [3.8, 4) is 0 Å². The monoisotopic (exact) mass is 248 g/mol. The Balaban J connectivity index is 2.19. The molecule has 1 saturated heterocycles. The maximum absolute atomic E-state index is 12.3. The smallest absolute Gasteiger partial charge is 0.259 e. The molecule has 0 spiro atoms. The third-order valence-corrected chi connectivity index (χ3v) is 3.91. The molecule has 4 nitrogen and oxygen atoms in total. The van der Waals surface area contributed by atoms with E-state index in [4.69, 9.17) is 0 Å². The number of hydrogen-bond donors (Lipinski definition) is 1. The summed E-state index contributed by atoms with van der Waals surface area (Å²) in [5.41, 5.74) is 0.835. The number of carbonyl (C=O) groups excluding carboxylic acids is 1. The van der Waals surface area contributed by atoms with Gasteiger partial charge in [0.15, 0.2) is 5.43 Å². The molecule has 2 atom stereocenters. The number of rotatable bonds is 1. The topological polar surface area (TPSA) is 53.2 Å². The van der Waals surface area contributed by atoms with E-state index in [0.717, 1.165) is 25.2 Å². The molecule has 4 heteroatoms. The van der Waals surface area contributed by atoms with Gasteiger partial charge in [0.25, 0.3) is 5.91 Å². The van der Waals surface area contributed by atoms with Gasteiger partial charge in [-0.2, -0.15) is 0 Å². The Morgan fingerprint density at radius 3 is 2.72 bits per heavy atom. The second-order valence-corrected chi connectivity index (χ2v) is 5.39. The average Bonchev–Trinajstić information content (AvgIpc) is 2.32. The Hall–Kier alpha value is -1.58. The van der Waals surface area contributed by atoms with Gasteiger partial charge in [-0.1, -0.05) is 13.8 Å². The molecule has 1 N–H and O–H groups in total. The van der Waals surface area contributed by atoms with Gasteiger partial charge >= 0.3 is 0 Å². The molecule has 2 heterocycles. The molecule has 1 amide bonds. The number of carbonyl (C=O) groups is 1. The van der Waals surface area contributed by atoms with Crippen molar-refractivity contribution in [2.24, 2.45) is 11.8 Å². The Morgan fingerprint density at radius 1 is 1.39 bits per heavy atom. The summed E-state index contributed by atoms with van der Waals surface area (Å²) in [7, 11) is 0. The molecule has 1 aromatic rings. The second kappa shape index (κ2) is 4.96. The minimum atomic E-state index is -0.192. The van der Waals surface area contributed by atoms with Gasteiger partial charge in [0.1, 0.15) is 5.56 Å². The summed E-state index contributed by atoms with van der Waals surface area (Å²) in [6, 6.07) is 1.48. The van der Waals surface area contributed by atoms with Crippen LogP contribution in [0.1, 0.15) is 36.3 Å². The number of hydrogen-bond acceptors (Lipinski definition) is 2. The van der Waals surface area contributed by atoms with Gasteiger partial charge in [-0.25, -0.2) is 0 Å². The van der Waals surface area contributed by atoms with Gasteiger partial charge in [0, 0.05) is 31.0 Å². The lowest BCUT2D eigenvalue weighted by Gasteiger charge is -2.35. The normalized spacial score (nSPS) is 24.1. The highest BCUT2D eigenvalue weighted by Gasteiger charge is 2.27. The molecule has 0 aromatic carbocycles. The van der Waals surface area contributed by atoms with Gasteiger partial charge in [-0.3, -0.25) is 9.59 Å². The second-order valence-electron chi connectivity index (χ2n) is 5.39. The fourth-order valence-electron chi connectivity index (χ4n) is 2.36. The highest BCUT2D eigenvalue weighted by molar-refractivity contribution is 5.93. The van der Waals surface area contributed by atoms with Gasteiger partial charge < -0.3 is 9.88 Å². The molecule has 0 saturated carbocycles. The number of aromatic nitrogens is 1. The van der Waals surface area contributed by atoms with Crippen LogP contribution < -0.4 is 5.43 Å². The third-order valence-electron chi connectivity index (χ3n) is 3.91. The molecule has 2 unspecified atom stereocenters. The van der Waals surface area contributed by atoms with Crippen molar-refractivity contribution in [2.75, 3.05) is 13.1 Å². The number of nitrogens with one attached hydrogen (secondary N) is 1. The summed E-state index contributed by atoms with van der Waals surface area (Å²) >= 11 is 0. The summed E-state index contributed by atoms with van der Waals surface area (Å²) in [6.45, 7) is 7.67. The minimum Gasteiger partial charge on any atom is -0.364 e. The number of nitrogens with zero attached hydrogens (tertiary/aromatic N) is 1. The first-order valence-corrected chi connectivity index (χ1v) is 6.47. The van der Waals surface area contributed by atoms with Gasteiger partial charge in [-0.05, 0) is 25.2 Å². The first kappa shape index (κ1) is 12.9. The van der Waals surface area contributed by atoms with E-state index in [2.05, 4.69) is 18.8 Å². The fraction of sp³-hybridized carbons (Fsp3) is 0.571. The lowest BCUT2D eigenvalue weighted by molar-refractivity contribution is 0.0626. The average molecular weight is 248 g/mol. The summed E-state index contributed by atoms with van der Waals surface area (Å²) in [5, 5.41) is 0. The van der Waals surface area contributed by atoms with Crippen LogP contribution >= 0.6 is 0 Å². The Morgan fingerprint density at radius 2 is 2.11 bits per heavy atom. The first-order valence-electron chi connectivity index (χ1n) is 6.47. The van der Waals surface area contributed by atoms with Crippen molar-refractivity contribution in [3.63, 3.8) is 0 Å². The molecular formula is C14H20N2O2. The van der Waals surface area contributed by atoms with Crippen molar-refractivity contribution in [1.29, 1.82) is 0 Å². The summed E-state index contributed by atoms with van der Waals surface area (Å²) in [5.74, 6) is 0.993. The van der Waals surface area contributed by atoms with E-state index < -0.39 is 0 Å². The van der Waals surface area contributed by atoms with Crippen LogP contribution in [0, 0.1) is 18.8 Å². The maximum Gasteiger partial charge on any atom is 0.259 e. The third kappa shape index (κ3) is 2.47. The van der Waals surface area contributed by atoms with Crippen LogP contribution in [0.3, 0.4) is 0 Å². The Bertz CT molecular complexity index is 507. The Kier molecular flexibility index (Phi) is 3.55. The van der Waals surface area contributed by atoms with Crippen LogP contribution in [0.4, 0.5) is 0 Å². The number of likely N-dealkylation sites (tertiary alicyclic amines) is 1. The molecule has 98 valence electrons. The molecule has 2 rings (SSSR count). The van der Waals surface area contributed by atoms with E-state index in [9.17, 15) is 9.59 Å². The number of piperidine rings is 1. The zero-order chi connectivity index (χ0) is 13.3. The standard InChI is InChI=1S/C14H20N2O2/c1-9-4-5-16(8-10(9)2)14(18)12-7-15-11(3)6-13(12)17/h6-7,9-10H,4-5,8H2,1-3H3,(H,15,17). The van der Waals surface area contributed by atoms with Crippen molar-refractivity contribution < 1.29 is 4.79 Å². The minimum absolute atomic E-state index is 0.144. The van der Waals surface area contributed by atoms with Crippen LogP contribution in [-0.2, 0) is 0 Å². The highest BCUT2D eigenvalue weighted by atomic mass is 16.2. The maximum atomic E-state index is 12.3. The van der Waals surface area contributed by atoms with Crippen LogP contribution in [-0.4, -0.2) is 28.9 Å². The van der Waals surface area contributed by atoms with Crippen molar-refractivity contribution in [3.05, 3.63) is 33.7 Å². The van der Waals surface area contributed by atoms with E-state index in [0.29, 0.717) is 11.8 Å². The number of amides is 1. The fourth-order valence-corrected chi connectivity index (χ4v) is 2.36. The first-order chi connectivity index (χ1) is 8.49. The van der Waals surface area contributed by atoms with Crippen LogP contribution in [0.2, 0.25) is 0 Å². The number of pyridine rings is 1. The molecule has 1 aromatic heterocycles. The van der Waals surface area contributed by atoms with Crippen LogP contribution in [0.25, 0.3) is 0 Å². The van der Waals surface area contributed by atoms with Crippen LogP contribution in [0.5, 0.6) is 0 Å². The number of aryl methyl sites for hydroxylation is 1. The zero-order valence-electron chi connectivity index (χ0n) is 11.2. The molecule has 1 fully saturated rings. The van der Waals surface area contributed by atoms with Gasteiger partial charge in [-0.15, -0.1) is 0 Å². The number of aromatic amines is 1. The summed E-state index contributed by atoms with van der Waals surface area (Å²) < 4.78 is 0. The van der Waals surface area contributed by atoms with Crippen LogP contribution in [0.15, 0.2) is 17.1 Å². The van der Waals surface area contributed by atoms with Crippen molar-refractivity contribution in [2.45, 2.75) is 27.2 Å². The molecule has 0 bridgehead atoms. The Labute approximate surface area is 107 Å². The number of H-pyrrole nitrogens is 1. The lowest BCUT2D eigenvalue weighted by atomic mass is 9.88. The summed E-state index contributed by atoms with van der Waals surface area (Å²) in [4.78, 5) is 28.8. The summed E-state index contributed by atoms with van der Waals surface area (Å²) in [6.07, 6.45) is 2.54. The predicted molar refractivity (Wildman–Crippen MR) is 70.6 cm³/mol. The molecule has 0 aliphatic carbocycles. The molecule has 0 radical (unpaired) electrons. The van der Waals surface area contributed by atoms with E-state index in [1.807, 2.05) is 0 Å². The quantitative estimate of drug-likeness (QED) is 0.824. The highest BCUT2D eigenvalue weighted by Crippen LogP contribution is 2.23. The molecule has 18 heavy (non-hydrogen) atoms. The molecule has 1 aliphatic rings. The predicted octanol–water partition coefficient (Wildman–Crippen LogP) is 1.80. The van der Waals surface area contributed by atoms with E-state index in [1.165, 1.54) is 12.3 Å². The van der Waals surface area contributed by atoms with Crippen molar-refractivity contribution >= 4 is 5.91 Å². The van der Waals surface area contributed by atoms with E-state index >= 15 is 0 Å². The lowest BCUT2D eigenvalue weighted by Crippen LogP contribution is -2.43. The van der Waals surface area contributed by atoms with E-state index in [-0.39, 0.29) is 16.9 Å².